The summed E-state index contributed by atoms with van der Waals surface area (Å²) in [7, 11) is 1.64. The number of oxazole rings is 1. The summed E-state index contributed by atoms with van der Waals surface area (Å²) in [5.74, 6) is 0.501. The number of benzene rings is 2. The first-order chi connectivity index (χ1) is 14.1. The maximum absolute atomic E-state index is 12.6. The van der Waals surface area contributed by atoms with Crippen molar-refractivity contribution in [2.75, 3.05) is 12.4 Å². The predicted molar refractivity (Wildman–Crippen MR) is 110 cm³/mol. The fourth-order valence-electron chi connectivity index (χ4n) is 3.47. The monoisotopic (exact) mass is 407 g/mol. The molecule has 1 fully saturated rings. The van der Waals surface area contributed by atoms with E-state index in [2.05, 4.69) is 15.3 Å². The molecule has 0 bridgehead atoms. The van der Waals surface area contributed by atoms with Crippen LogP contribution in [0.15, 0.2) is 57.1 Å². The minimum absolute atomic E-state index is 0.0150. The molecule has 0 radical (unpaired) electrons. The van der Waals surface area contributed by atoms with E-state index in [-0.39, 0.29) is 17.7 Å². The second kappa shape index (κ2) is 6.89. The van der Waals surface area contributed by atoms with E-state index in [9.17, 15) is 9.59 Å². The Balaban J connectivity index is 1.27. The van der Waals surface area contributed by atoms with E-state index in [0.29, 0.717) is 16.2 Å². The number of nitrogens with one attached hydrogen (secondary N) is 2. The molecule has 1 aliphatic rings. The summed E-state index contributed by atoms with van der Waals surface area (Å²) in [4.78, 5) is 31.0. The Morgan fingerprint density at radius 1 is 1.28 bits per heavy atom. The van der Waals surface area contributed by atoms with Gasteiger partial charge in [0.1, 0.15) is 5.75 Å². The van der Waals surface area contributed by atoms with Gasteiger partial charge in [0.2, 0.25) is 5.91 Å². The van der Waals surface area contributed by atoms with Crippen LogP contribution in [0.4, 0.5) is 5.13 Å². The van der Waals surface area contributed by atoms with Gasteiger partial charge in [0.25, 0.3) is 0 Å². The van der Waals surface area contributed by atoms with Crippen molar-refractivity contribution in [3.8, 4) is 17.0 Å². The zero-order valence-electron chi connectivity index (χ0n) is 15.5. The summed E-state index contributed by atoms with van der Waals surface area (Å²) in [6, 6.07) is 13.2. The molecule has 4 aromatic rings. The molecule has 2 unspecified atom stereocenters. The van der Waals surface area contributed by atoms with Crippen molar-refractivity contribution in [3.05, 3.63) is 64.0 Å². The molecule has 0 saturated heterocycles. The second-order valence-electron chi connectivity index (χ2n) is 6.97. The second-order valence-corrected chi connectivity index (χ2v) is 7.83. The minimum Gasteiger partial charge on any atom is -0.497 e. The van der Waals surface area contributed by atoms with Gasteiger partial charge < -0.3 is 14.5 Å². The highest BCUT2D eigenvalue weighted by molar-refractivity contribution is 7.14. The molecule has 1 aliphatic carbocycles. The number of carbonyl (C=O) groups excluding carboxylic acids is 1. The van der Waals surface area contributed by atoms with Crippen molar-refractivity contribution in [2.24, 2.45) is 5.92 Å². The zero-order valence-corrected chi connectivity index (χ0v) is 16.3. The van der Waals surface area contributed by atoms with Gasteiger partial charge in [-0.3, -0.25) is 9.78 Å². The maximum atomic E-state index is 12.6. The highest BCUT2D eigenvalue weighted by atomic mass is 32.1. The predicted octanol–water partition coefficient (Wildman–Crippen LogP) is 4.00. The van der Waals surface area contributed by atoms with Crippen molar-refractivity contribution in [1.29, 1.82) is 0 Å². The van der Waals surface area contributed by atoms with E-state index in [1.54, 1.807) is 19.2 Å². The molecule has 1 saturated carbocycles. The van der Waals surface area contributed by atoms with Crippen LogP contribution in [0, 0.1) is 5.92 Å². The molecule has 2 atom stereocenters. The Morgan fingerprint density at radius 2 is 2.10 bits per heavy atom. The Labute approximate surface area is 169 Å². The number of rotatable bonds is 5. The lowest BCUT2D eigenvalue weighted by atomic mass is 10.1. The van der Waals surface area contributed by atoms with Crippen molar-refractivity contribution >= 4 is 33.5 Å². The number of methoxy groups -OCH3 is 1. The van der Waals surface area contributed by atoms with Gasteiger partial charge in [-0.1, -0.05) is 18.2 Å². The van der Waals surface area contributed by atoms with Gasteiger partial charge in [-0.05, 0) is 42.2 Å². The summed E-state index contributed by atoms with van der Waals surface area (Å²) in [5, 5.41) is 5.35. The number of hydrogen-bond acceptors (Lipinski definition) is 6. The van der Waals surface area contributed by atoms with Gasteiger partial charge in [0.15, 0.2) is 10.7 Å². The Kier molecular flexibility index (Phi) is 4.21. The highest BCUT2D eigenvalue weighted by Crippen LogP contribution is 2.48. The number of aromatic amines is 1. The molecule has 7 nitrogen and oxygen atoms in total. The quantitative estimate of drug-likeness (QED) is 0.521. The fourth-order valence-corrected chi connectivity index (χ4v) is 4.19. The van der Waals surface area contributed by atoms with E-state index < -0.39 is 5.76 Å². The van der Waals surface area contributed by atoms with Crippen molar-refractivity contribution in [2.45, 2.75) is 12.3 Å². The smallest absolute Gasteiger partial charge is 0.417 e. The lowest BCUT2D eigenvalue weighted by molar-refractivity contribution is -0.117. The summed E-state index contributed by atoms with van der Waals surface area (Å²) in [6.45, 7) is 0. The summed E-state index contributed by atoms with van der Waals surface area (Å²) in [6.07, 6.45) is 0.833. The van der Waals surface area contributed by atoms with Gasteiger partial charge in [-0.25, -0.2) is 9.78 Å². The molecule has 29 heavy (non-hydrogen) atoms. The average Bonchev–Trinajstić information content (AvgIpc) is 3.25. The van der Waals surface area contributed by atoms with Gasteiger partial charge in [-0.15, -0.1) is 11.3 Å². The third-order valence-electron chi connectivity index (χ3n) is 5.12. The number of thiazole rings is 1. The van der Waals surface area contributed by atoms with Crippen LogP contribution < -0.4 is 15.8 Å². The van der Waals surface area contributed by atoms with Crippen LogP contribution in [0.25, 0.3) is 22.4 Å². The summed E-state index contributed by atoms with van der Waals surface area (Å²) in [5.41, 5.74) is 3.80. The topological polar surface area (TPSA) is 97.2 Å². The molecule has 2 aromatic carbocycles. The molecule has 5 rings (SSSR count). The highest BCUT2D eigenvalue weighted by Gasteiger charge is 2.44. The fraction of sp³-hybridized carbons (Fsp3) is 0.190. The van der Waals surface area contributed by atoms with Crippen LogP contribution in [0.1, 0.15) is 17.9 Å². The summed E-state index contributed by atoms with van der Waals surface area (Å²) < 4.78 is 10.3. The van der Waals surface area contributed by atoms with Crippen molar-refractivity contribution < 1.29 is 13.9 Å². The largest absolute Gasteiger partial charge is 0.497 e. The lowest BCUT2D eigenvalue weighted by Crippen LogP contribution is -2.14. The minimum atomic E-state index is -0.487. The van der Waals surface area contributed by atoms with Crippen LogP contribution in [0.3, 0.4) is 0 Å². The molecule has 0 spiro atoms. The Hall–Kier alpha value is -3.39. The number of fused-ring (bicyclic) bond motifs is 1. The van der Waals surface area contributed by atoms with Crippen LogP contribution in [-0.2, 0) is 4.79 Å². The zero-order chi connectivity index (χ0) is 20.0. The molecule has 2 heterocycles. The van der Waals surface area contributed by atoms with E-state index in [1.807, 2.05) is 35.7 Å². The number of ether oxygens (including phenoxy) is 1. The van der Waals surface area contributed by atoms with Gasteiger partial charge >= 0.3 is 5.76 Å². The first kappa shape index (κ1) is 17.7. The Bertz CT molecular complexity index is 1250. The van der Waals surface area contributed by atoms with E-state index in [4.69, 9.17) is 9.15 Å². The molecule has 146 valence electrons. The van der Waals surface area contributed by atoms with Crippen LogP contribution >= 0.6 is 11.3 Å². The third-order valence-corrected chi connectivity index (χ3v) is 5.88. The summed E-state index contributed by atoms with van der Waals surface area (Å²) >= 11 is 1.37. The third kappa shape index (κ3) is 3.42. The molecule has 2 aromatic heterocycles. The van der Waals surface area contributed by atoms with Crippen LogP contribution in [0.2, 0.25) is 0 Å². The number of aromatic nitrogens is 2. The molecular formula is C21H17N3O4S. The maximum Gasteiger partial charge on any atom is 0.417 e. The van der Waals surface area contributed by atoms with Gasteiger partial charge in [0, 0.05) is 16.9 Å². The van der Waals surface area contributed by atoms with E-state index in [0.717, 1.165) is 29.0 Å². The number of hydrogen-bond donors (Lipinski definition) is 2. The van der Waals surface area contributed by atoms with Crippen molar-refractivity contribution in [3.63, 3.8) is 0 Å². The number of carbonyl (C=O) groups is 1. The normalized spacial score (nSPS) is 18.0. The number of H-pyrrole nitrogens is 1. The standard InChI is InChI=1S/C21H17N3O4S/c1-27-13-5-2-11(3-6-13)14-9-15(14)19(25)24-20-22-17(10-29-20)12-4-7-16-18(8-12)28-21(26)23-16/h2-8,10,14-15H,9H2,1H3,(H,23,26)(H,22,24,25). The number of nitrogens with zero attached hydrogens (tertiary/aromatic N) is 1. The van der Waals surface area contributed by atoms with Crippen LogP contribution in [-0.4, -0.2) is 23.0 Å². The van der Waals surface area contributed by atoms with Crippen LogP contribution in [0.5, 0.6) is 5.75 Å². The molecular weight excluding hydrogens is 390 g/mol. The SMILES string of the molecule is COc1ccc(C2CC2C(=O)Nc2nc(-c3ccc4[nH]c(=O)oc4c3)cs2)cc1. The van der Waals surface area contributed by atoms with E-state index in [1.165, 1.54) is 11.3 Å². The number of amides is 1. The lowest BCUT2D eigenvalue weighted by Gasteiger charge is -2.03. The first-order valence-corrected chi connectivity index (χ1v) is 10.0. The van der Waals surface area contributed by atoms with E-state index >= 15 is 0 Å². The first-order valence-electron chi connectivity index (χ1n) is 9.14. The average molecular weight is 407 g/mol. The Morgan fingerprint density at radius 3 is 2.90 bits per heavy atom. The van der Waals surface area contributed by atoms with Gasteiger partial charge in [0.05, 0.1) is 18.3 Å². The number of anilines is 1. The molecule has 1 amide bonds. The van der Waals surface area contributed by atoms with Gasteiger partial charge in [-0.2, -0.15) is 0 Å². The molecule has 8 heteroatoms. The van der Waals surface area contributed by atoms with Crippen molar-refractivity contribution in [1.82, 2.24) is 9.97 Å². The molecule has 0 aliphatic heterocycles. The molecule has 2 N–H and O–H groups in total.